The fourth-order valence-electron chi connectivity index (χ4n) is 4.67. The summed E-state index contributed by atoms with van der Waals surface area (Å²) in [6.07, 6.45) is -7.25. The Morgan fingerprint density at radius 3 is 2.32 bits per heavy atom. The van der Waals surface area contributed by atoms with Gasteiger partial charge in [-0.3, -0.25) is 15.0 Å². The van der Waals surface area contributed by atoms with Gasteiger partial charge in [0.05, 0.1) is 24.2 Å². The van der Waals surface area contributed by atoms with Crippen LogP contribution in [-0.2, 0) is 20.5 Å². The maximum absolute atomic E-state index is 13.3. The summed E-state index contributed by atoms with van der Waals surface area (Å²) in [5, 5.41) is 2.78. The fraction of sp³-hybridized carbons (Fsp3) is 0.714. The van der Waals surface area contributed by atoms with Crippen LogP contribution < -0.4 is 21.1 Å². The molecule has 1 aromatic heterocycles. The van der Waals surface area contributed by atoms with E-state index in [1.165, 1.54) is 0 Å². The van der Waals surface area contributed by atoms with Crippen LogP contribution in [0.2, 0.25) is 0 Å². The second kappa shape index (κ2) is 10.9. The molecule has 0 spiro atoms. The summed E-state index contributed by atoms with van der Waals surface area (Å²) in [5.41, 5.74) is 3.51. The van der Waals surface area contributed by atoms with Gasteiger partial charge in [-0.15, -0.1) is 0 Å². The summed E-state index contributed by atoms with van der Waals surface area (Å²) >= 11 is 0. The molecule has 0 aliphatic carbocycles. The number of rotatable bonds is 6. The molecule has 4 rings (SSSR count). The van der Waals surface area contributed by atoms with E-state index in [9.17, 15) is 35.9 Å². The number of hydrogen-bond acceptors (Lipinski definition) is 8. The summed E-state index contributed by atoms with van der Waals surface area (Å²) in [4.78, 5) is 35.3. The molecule has 3 saturated heterocycles. The van der Waals surface area contributed by atoms with Gasteiger partial charge in [-0.1, -0.05) is 0 Å². The average molecular weight is 539 g/mol. The van der Waals surface area contributed by atoms with Crippen molar-refractivity contribution in [3.8, 4) is 0 Å². The van der Waals surface area contributed by atoms with Crippen LogP contribution in [0.5, 0.6) is 0 Å². The number of anilines is 1. The number of halogens is 6. The smallest absolute Gasteiger partial charge is 0.373 e. The molecule has 0 radical (unpaired) electrons. The lowest BCUT2D eigenvalue weighted by Gasteiger charge is -2.35. The molecule has 0 aromatic carbocycles. The molecule has 2 amide bonds. The summed E-state index contributed by atoms with van der Waals surface area (Å²) in [5.74, 6) is -3.29. The van der Waals surface area contributed by atoms with Gasteiger partial charge in [0.15, 0.2) is 5.92 Å². The van der Waals surface area contributed by atoms with Crippen LogP contribution in [0.3, 0.4) is 0 Å². The van der Waals surface area contributed by atoms with Crippen LogP contribution >= 0.6 is 0 Å². The predicted molar refractivity (Wildman–Crippen MR) is 116 cm³/mol. The minimum absolute atomic E-state index is 0.0892. The Labute approximate surface area is 208 Å². The zero-order valence-corrected chi connectivity index (χ0v) is 19.6. The maximum Gasteiger partial charge on any atom is 0.419 e. The van der Waals surface area contributed by atoms with Crippen molar-refractivity contribution < 1.29 is 40.7 Å². The van der Waals surface area contributed by atoms with E-state index in [1.54, 1.807) is 9.80 Å². The van der Waals surface area contributed by atoms with Crippen LogP contribution in [0.4, 0.5) is 32.3 Å². The number of carbonyl (C=O) groups is 2. The SMILES string of the molecule is O=C1NNCC(NC[C@H]2CC[C@@H](CC(=O)N3CCN(c4ncc(C(F)(F)F)cn4)CC3)O2)C1C(F)(F)F. The number of ether oxygens (including phenoxy) is 1. The van der Waals surface area contributed by atoms with Crippen LogP contribution in [0, 0.1) is 5.92 Å². The molecule has 4 atom stereocenters. The van der Waals surface area contributed by atoms with Crippen molar-refractivity contribution in [1.82, 2.24) is 31.0 Å². The average Bonchev–Trinajstić information content (AvgIpc) is 3.28. The van der Waals surface area contributed by atoms with Crippen molar-refractivity contribution in [2.75, 3.05) is 44.2 Å². The molecule has 0 saturated carbocycles. The Kier molecular flexibility index (Phi) is 8.08. The zero-order valence-electron chi connectivity index (χ0n) is 19.6. The van der Waals surface area contributed by atoms with E-state index >= 15 is 0 Å². The number of nitrogens with zero attached hydrogens (tertiary/aromatic N) is 4. The molecule has 16 heteroatoms. The first-order chi connectivity index (χ1) is 17.4. The molecular formula is C21H27F6N7O3. The molecule has 3 aliphatic rings. The minimum Gasteiger partial charge on any atom is -0.373 e. The van der Waals surface area contributed by atoms with E-state index in [0.717, 1.165) is 12.4 Å². The fourth-order valence-corrected chi connectivity index (χ4v) is 4.67. The third kappa shape index (κ3) is 6.78. The third-order valence-electron chi connectivity index (χ3n) is 6.66. The van der Waals surface area contributed by atoms with Crippen molar-refractivity contribution >= 4 is 17.8 Å². The van der Waals surface area contributed by atoms with Gasteiger partial charge in [0.2, 0.25) is 17.8 Å². The van der Waals surface area contributed by atoms with Gasteiger partial charge in [-0.25, -0.2) is 15.4 Å². The number of hydrogen-bond donors (Lipinski definition) is 3. The Balaban J connectivity index is 1.20. The quantitative estimate of drug-likeness (QED) is 0.457. The molecule has 3 N–H and O–H groups in total. The van der Waals surface area contributed by atoms with Crippen molar-refractivity contribution in [2.24, 2.45) is 5.92 Å². The zero-order chi connectivity index (χ0) is 26.8. The van der Waals surface area contributed by atoms with Gasteiger partial charge < -0.3 is 19.9 Å². The van der Waals surface area contributed by atoms with Crippen LogP contribution in [0.25, 0.3) is 0 Å². The molecule has 37 heavy (non-hydrogen) atoms. The highest BCUT2D eigenvalue weighted by Crippen LogP contribution is 2.31. The first kappa shape index (κ1) is 27.3. The van der Waals surface area contributed by atoms with E-state index in [4.69, 9.17) is 4.74 Å². The number of alkyl halides is 6. The predicted octanol–water partition coefficient (Wildman–Crippen LogP) is 0.853. The molecule has 3 aliphatic heterocycles. The molecule has 206 valence electrons. The summed E-state index contributed by atoms with van der Waals surface area (Å²) in [6, 6.07) is -1.14. The van der Waals surface area contributed by atoms with E-state index in [0.29, 0.717) is 39.0 Å². The second-order valence-corrected chi connectivity index (χ2v) is 9.20. The number of amides is 2. The number of carbonyl (C=O) groups excluding carboxylic acids is 2. The largest absolute Gasteiger partial charge is 0.419 e. The number of aromatic nitrogens is 2. The molecule has 10 nitrogen and oxygen atoms in total. The molecule has 0 bridgehead atoms. The lowest BCUT2D eigenvalue weighted by molar-refractivity contribution is -0.193. The Morgan fingerprint density at radius 2 is 1.70 bits per heavy atom. The van der Waals surface area contributed by atoms with Crippen molar-refractivity contribution in [3.05, 3.63) is 18.0 Å². The van der Waals surface area contributed by atoms with Crippen molar-refractivity contribution in [2.45, 2.75) is 49.9 Å². The third-order valence-corrected chi connectivity index (χ3v) is 6.66. The summed E-state index contributed by atoms with van der Waals surface area (Å²) in [6.45, 7) is 1.43. The van der Waals surface area contributed by atoms with Crippen molar-refractivity contribution in [1.29, 1.82) is 0 Å². The van der Waals surface area contributed by atoms with Crippen molar-refractivity contribution in [3.63, 3.8) is 0 Å². The van der Waals surface area contributed by atoms with E-state index < -0.39 is 35.8 Å². The standard InChI is InChI=1S/C21H27F6N7O3/c22-20(23,24)12-8-29-19(30-9-12)34-5-3-33(4-6-34)16(35)7-13-1-2-14(37-13)10-28-15-11-31-32-18(36)17(15)21(25,26)27/h8-9,13-15,17,28,31H,1-7,10-11H2,(H,32,36)/t13-,14+,15?,17?/m0/s1. The normalized spacial score (nSPS) is 27.4. The second-order valence-electron chi connectivity index (χ2n) is 9.20. The van der Waals surface area contributed by atoms with E-state index in [1.807, 2.05) is 5.43 Å². The van der Waals surface area contributed by atoms with Gasteiger partial charge in [-0.05, 0) is 12.8 Å². The molecule has 3 fully saturated rings. The minimum atomic E-state index is -4.68. The Bertz CT molecular complexity index is 953. The van der Waals surface area contributed by atoms with Gasteiger partial charge in [0.1, 0.15) is 0 Å². The maximum atomic E-state index is 13.3. The highest BCUT2D eigenvalue weighted by atomic mass is 19.4. The highest BCUT2D eigenvalue weighted by Gasteiger charge is 2.51. The van der Waals surface area contributed by atoms with Crippen LogP contribution in [-0.4, -0.2) is 90.4 Å². The first-order valence-electron chi connectivity index (χ1n) is 11.8. The van der Waals surface area contributed by atoms with Gasteiger partial charge in [0, 0.05) is 57.7 Å². The monoisotopic (exact) mass is 539 g/mol. The van der Waals surface area contributed by atoms with Gasteiger partial charge in [0.25, 0.3) is 0 Å². The molecule has 4 heterocycles. The summed E-state index contributed by atoms with van der Waals surface area (Å²) < 4.78 is 83.7. The van der Waals surface area contributed by atoms with Gasteiger partial charge in [-0.2, -0.15) is 26.3 Å². The summed E-state index contributed by atoms with van der Waals surface area (Å²) in [7, 11) is 0. The topological polar surface area (TPSA) is 112 Å². The van der Waals surface area contributed by atoms with Crippen LogP contribution in [0.15, 0.2) is 12.4 Å². The first-order valence-corrected chi connectivity index (χ1v) is 11.8. The molecule has 1 aromatic rings. The lowest BCUT2D eigenvalue weighted by atomic mass is 9.96. The Morgan fingerprint density at radius 1 is 1.05 bits per heavy atom. The lowest BCUT2D eigenvalue weighted by Crippen LogP contribution is -2.64. The molecule has 2 unspecified atom stereocenters. The number of piperazine rings is 1. The Hall–Kier alpha value is -2.72. The van der Waals surface area contributed by atoms with E-state index in [-0.39, 0.29) is 43.6 Å². The van der Waals surface area contributed by atoms with Crippen LogP contribution in [0.1, 0.15) is 24.8 Å². The number of nitrogens with one attached hydrogen (secondary N) is 3. The highest BCUT2D eigenvalue weighted by molar-refractivity contribution is 5.80. The number of hydrazine groups is 1. The van der Waals surface area contributed by atoms with Gasteiger partial charge >= 0.3 is 12.4 Å². The van der Waals surface area contributed by atoms with E-state index in [2.05, 4.69) is 20.7 Å². The molecular weight excluding hydrogens is 512 g/mol.